The maximum absolute atomic E-state index is 12.6. The predicted octanol–water partition coefficient (Wildman–Crippen LogP) is 3.54. The zero-order valence-corrected chi connectivity index (χ0v) is 13.2. The van der Waals surface area contributed by atoms with Gasteiger partial charge in [0, 0.05) is 41.0 Å². The van der Waals surface area contributed by atoms with E-state index in [1.54, 1.807) is 43.6 Å². The number of nitrogens with zero attached hydrogens (tertiary/aromatic N) is 1. The first-order valence-electron chi connectivity index (χ1n) is 6.50. The van der Waals surface area contributed by atoms with Crippen LogP contribution in [0, 0.1) is 0 Å². The van der Waals surface area contributed by atoms with Crippen LogP contribution in [0.25, 0.3) is 10.1 Å². The summed E-state index contributed by atoms with van der Waals surface area (Å²) < 4.78 is 0.804. The molecule has 2 aromatic heterocycles. The number of carbonyl (C=O) groups excluding carboxylic acids is 2. The first-order chi connectivity index (χ1) is 10.6. The molecule has 2 heterocycles. The number of benzene rings is 1. The van der Waals surface area contributed by atoms with Crippen LogP contribution < -0.4 is 5.32 Å². The van der Waals surface area contributed by atoms with Crippen LogP contribution >= 0.6 is 22.9 Å². The molecular formula is C16H11ClN2O2S. The first-order valence-corrected chi connectivity index (χ1v) is 7.69. The highest BCUT2D eigenvalue weighted by molar-refractivity contribution is 7.20. The van der Waals surface area contributed by atoms with E-state index in [0.717, 1.165) is 10.1 Å². The Balaban J connectivity index is 2.10. The molecular weight excluding hydrogens is 320 g/mol. The molecule has 0 radical (unpaired) electrons. The van der Waals surface area contributed by atoms with Crippen molar-refractivity contribution < 1.29 is 9.59 Å². The zero-order chi connectivity index (χ0) is 15.7. The van der Waals surface area contributed by atoms with Gasteiger partial charge in [0.2, 0.25) is 0 Å². The molecule has 3 rings (SSSR count). The number of carbonyl (C=O) groups is 2. The van der Waals surface area contributed by atoms with E-state index in [0.29, 0.717) is 21.0 Å². The van der Waals surface area contributed by atoms with E-state index >= 15 is 0 Å². The fourth-order valence-corrected chi connectivity index (χ4v) is 3.26. The number of aromatic nitrogens is 1. The molecule has 0 unspecified atom stereocenters. The summed E-state index contributed by atoms with van der Waals surface area (Å²) in [5, 5.41) is 3.89. The predicted molar refractivity (Wildman–Crippen MR) is 87.9 cm³/mol. The normalized spacial score (nSPS) is 10.6. The lowest BCUT2D eigenvalue weighted by Crippen LogP contribution is -2.16. The van der Waals surface area contributed by atoms with Gasteiger partial charge in [0.15, 0.2) is 5.78 Å². The Morgan fingerprint density at radius 1 is 1.18 bits per heavy atom. The molecule has 0 aliphatic heterocycles. The summed E-state index contributed by atoms with van der Waals surface area (Å²) >= 11 is 7.16. The summed E-state index contributed by atoms with van der Waals surface area (Å²) in [6, 6.07) is 8.42. The number of nitrogens with one attached hydrogen (secondary N) is 1. The van der Waals surface area contributed by atoms with E-state index in [9.17, 15) is 9.59 Å². The number of fused-ring (bicyclic) bond motifs is 1. The second-order valence-electron chi connectivity index (χ2n) is 4.62. The minimum atomic E-state index is -0.175. The van der Waals surface area contributed by atoms with Crippen LogP contribution in [0.4, 0.5) is 0 Å². The lowest BCUT2D eigenvalue weighted by molar-refractivity contribution is 0.0966. The number of hydrogen-bond acceptors (Lipinski definition) is 4. The van der Waals surface area contributed by atoms with Crippen molar-refractivity contribution in [3.8, 4) is 0 Å². The minimum absolute atomic E-state index is 0.143. The molecule has 1 aromatic carbocycles. The van der Waals surface area contributed by atoms with Crippen molar-refractivity contribution in [2.24, 2.45) is 0 Å². The number of pyridine rings is 1. The van der Waals surface area contributed by atoms with Gasteiger partial charge in [0.05, 0.1) is 9.58 Å². The van der Waals surface area contributed by atoms with Crippen LogP contribution in [0.15, 0.2) is 42.7 Å². The van der Waals surface area contributed by atoms with Gasteiger partial charge in [0.1, 0.15) is 0 Å². The van der Waals surface area contributed by atoms with Crippen molar-refractivity contribution >= 4 is 44.7 Å². The summed E-state index contributed by atoms with van der Waals surface area (Å²) in [6.07, 6.45) is 3.19. The van der Waals surface area contributed by atoms with Gasteiger partial charge in [0.25, 0.3) is 5.91 Å². The first kappa shape index (κ1) is 14.7. The Morgan fingerprint density at radius 3 is 2.59 bits per heavy atom. The molecule has 0 spiro atoms. The number of ketones is 1. The molecule has 0 bridgehead atoms. The van der Waals surface area contributed by atoms with Crippen molar-refractivity contribution in [2.45, 2.75) is 0 Å². The largest absolute Gasteiger partial charge is 0.354 e. The van der Waals surface area contributed by atoms with Crippen LogP contribution in [0.5, 0.6) is 0 Å². The summed E-state index contributed by atoms with van der Waals surface area (Å²) in [6.45, 7) is 0. The fourth-order valence-electron chi connectivity index (χ4n) is 2.13. The van der Waals surface area contributed by atoms with Crippen LogP contribution in [-0.4, -0.2) is 23.7 Å². The van der Waals surface area contributed by atoms with E-state index in [1.807, 2.05) is 0 Å². The molecule has 4 nitrogen and oxygen atoms in total. The third-order valence-corrected chi connectivity index (χ3v) is 4.57. The second kappa shape index (κ2) is 5.87. The highest BCUT2D eigenvalue weighted by atomic mass is 35.5. The van der Waals surface area contributed by atoms with Crippen molar-refractivity contribution in [2.75, 3.05) is 7.05 Å². The molecule has 0 fully saturated rings. The number of rotatable bonds is 3. The topological polar surface area (TPSA) is 59.1 Å². The highest BCUT2D eigenvalue weighted by Crippen LogP contribution is 2.29. The van der Waals surface area contributed by atoms with E-state index in [2.05, 4.69) is 10.3 Å². The second-order valence-corrected chi connectivity index (χ2v) is 6.14. The summed E-state index contributed by atoms with van der Waals surface area (Å²) in [7, 11) is 1.57. The van der Waals surface area contributed by atoms with Gasteiger partial charge in [-0.1, -0.05) is 11.6 Å². The Bertz CT molecular complexity index is 871. The fraction of sp³-hybridized carbons (Fsp3) is 0.0625. The van der Waals surface area contributed by atoms with Gasteiger partial charge in [-0.05, 0) is 30.3 Å². The van der Waals surface area contributed by atoms with Crippen molar-refractivity contribution in [1.82, 2.24) is 10.3 Å². The van der Waals surface area contributed by atoms with Gasteiger partial charge in [-0.3, -0.25) is 14.6 Å². The molecule has 0 aliphatic carbocycles. The van der Waals surface area contributed by atoms with Gasteiger partial charge >= 0.3 is 0 Å². The Kier molecular flexibility index (Phi) is 3.92. The Morgan fingerprint density at radius 2 is 1.91 bits per heavy atom. The quantitative estimate of drug-likeness (QED) is 0.747. The number of hydrogen-bond donors (Lipinski definition) is 1. The van der Waals surface area contributed by atoms with E-state index < -0.39 is 0 Å². The summed E-state index contributed by atoms with van der Waals surface area (Å²) in [5.41, 5.74) is 1.01. The molecule has 0 saturated heterocycles. The average molecular weight is 331 g/mol. The standard InChI is InChI=1S/C16H11ClN2O2S/c1-18-16(21)13-6-11-12(7-19-8-14(11)22-13)15(20)9-2-4-10(17)5-3-9/h2-8H,1H3,(H,18,21). The van der Waals surface area contributed by atoms with E-state index in [1.165, 1.54) is 17.5 Å². The van der Waals surface area contributed by atoms with Gasteiger partial charge in [-0.25, -0.2) is 0 Å². The monoisotopic (exact) mass is 330 g/mol. The molecule has 0 atom stereocenters. The average Bonchev–Trinajstić information content (AvgIpc) is 2.98. The van der Waals surface area contributed by atoms with Gasteiger partial charge in [-0.2, -0.15) is 0 Å². The number of thiophene rings is 1. The molecule has 0 aliphatic rings. The van der Waals surface area contributed by atoms with Crippen LogP contribution in [-0.2, 0) is 0 Å². The maximum atomic E-state index is 12.6. The lowest BCUT2D eigenvalue weighted by Gasteiger charge is -2.02. The van der Waals surface area contributed by atoms with Crippen molar-refractivity contribution in [3.05, 3.63) is 63.8 Å². The Hall–Kier alpha value is -2.24. The van der Waals surface area contributed by atoms with Crippen LogP contribution in [0.3, 0.4) is 0 Å². The number of amides is 1. The molecule has 6 heteroatoms. The van der Waals surface area contributed by atoms with Crippen LogP contribution in [0.1, 0.15) is 25.6 Å². The van der Waals surface area contributed by atoms with E-state index in [-0.39, 0.29) is 11.7 Å². The molecule has 1 amide bonds. The van der Waals surface area contributed by atoms with Gasteiger partial charge < -0.3 is 5.32 Å². The highest BCUT2D eigenvalue weighted by Gasteiger charge is 2.17. The third kappa shape index (κ3) is 2.61. The lowest BCUT2D eigenvalue weighted by atomic mass is 10.0. The van der Waals surface area contributed by atoms with E-state index in [4.69, 9.17) is 11.6 Å². The minimum Gasteiger partial charge on any atom is -0.354 e. The molecule has 0 saturated carbocycles. The smallest absolute Gasteiger partial charge is 0.261 e. The molecule has 110 valence electrons. The third-order valence-electron chi connectivity index (χ3n) is 3.25. The summed E-state index contributed by atoms with van der Waals surface area (Å²) in [4.78, 5) is 29.1. The van der Waals surface area contributed by atoms with Crippen molar-refractivity contribution in [3.63, 3.8) is 0 Å². The molecule has 1 N–H and O–H groups in total. The zero-order valence-electron chi connectivity index (χ0n) is 11.6. The summed E-state index contributed by atoms with van der Waals surface area (Å²) in [5.74, 6) is -0.317. The maximum Gasteiger partial charge on any atom is 0.261 e. The van der Waals surface area contributed by atoms with Crippen LogP contribution in [0.2, 0.25) is 5.02 Å². The van der Waals surface area contributed by atoms with Crippen molar-refractivity contribution in [1.29, 1.82) is 0 Å². The molecule has 22 heavy (non-hydrogen) atoms. The molecule has 3 aromatic rings. The number of halogens is 1. The van der Waals surface area contributed by atoms with Gasteiger partial charge in [-0.15, -0.1) is 11.3 Å². The Labute approximate surface area is 135 Å². The SMILES string of the molecule is CNC(=O)c1cc2c(C(=O)c3ccc(Cl)cc3)cncc2s1.